The predicted octanol–water partition coefficient (Wildman–Crippen LogP) is 7.91. The highest BCUT2D eigenvalue weighted by Gasteiger charge is 2.41. The van der Waals surface area contributed by atoms with E-state index in [2.05, 4.69) is 123 Å². The van der Waals surface area contributed by atoms with Crippen LogP contribution in [0.1, 0.15) is 41.0 Å². The summed E-state index contributed by atoms with van der Waals surface area (Å²) in [4.78, 5) is 0. The maximum Gasteiger partial charge on any atom is 0.192 e. The van der Waals surface area contributed by atoms with Gasteiger partial charge in [-0.15, -0.1) is 17.7 Å². The van der Waals surface area contributed by atoms with Gasteiger partial charge in [-0.05, 0) is 30.5 Å². The van der Waals surface area contributed by atoms with Crippen LogP contribution in [0.25, 0.3) is 0 Å². The van der Waals surface area contributed by atoms with E-state index >= 15 is 0 Å². The van der Waals surface area contributed by atoms with E-state index in [9.17, 15) is 0 Å². The van der Waals surface area contributed by atoms with Crippen molar-refractivity contribution in [2.24, 2.45) is 11.8 Å². The quantitative estimate of drug-likeness (QED) is 0.213. The van der Waals surface area contributed by atoms with Gasteiger partial charge in [-0.1, -0.05) is 97.9 Å². The maximum absolute atomic E-state index is 6.94. The summed E-state index contributed by atoms with van der Waals surface area (Å²) < 4.78 is 6.94. The molecular weight excluding hydrogens is 413 g/mol. The topological polar surface area (TPSA) is 9.23 Å². The minimum absolute atomic E-state index is 0.140. The molecule has 2 atom stereocenters. The number of hydrogen-bond donors (Lipinski definition) is 0. The molecule has 0 fully saturated rings. The van der Waals surface area contributed by atoms with Crippen LogP contribution < -0.4 is 0 Å². The highest BCUT2D eigenvalue weighted by molar-refractivity contribution is 6.84. The largest absolute Gasteiger partial charge is 0.413 e. The lowest BCUT2D eigenvalue weighted by Crippen LogP contribution is -2.47. The van der Waals surface area contributed by atoms with E-state index < -0.39 is 24.5 Å². The first-order valence-electron chi connectivity index (χ1n) is 11.4. The Morgan fingerprint density at radius 3 is 1.63 bits per heavy atom. The van der Waals surface area contributed by atoms with Crippen LogP contribution in [0.2, 0.25) is 57.4 Å². The second-order valence-electron chi connectivity index (χ2n) is 12.4. The van der Waals surface area contributed by atoms with Crippen molar-refractivity contribution < 1.29 is 4.43 Å². The van der Waals surface area contributed by atoms with Crippen LogP contribution in [0.5, 0.6) is 0 Å². The van der Waals surface area contributed by atoms with E-state index in [4.69, 9.17) is 4.43 Å². The van der Waals surface area contributed by atoms with Gasteiger partial charge in [0.25, 0.3) is 0 Å². The fraction of sp³-hybridized carbons (Fsp3) is 0.692. The van der Waals surface area contributed by atoms with E-state index in [-0.39, 0.29) is 17.1 Å². The molecule has 0 spiro atoms. The molecule has 0 heterocycles. The summed E-state index contributed by atoms with van der Waals surface area (Å²) in [6, 6.07) is 0. The molecule has 30 heavy (non-hydrogen) atoms. The normalized spacial score (nSPS) is 14.7. The molecule has 0 rings (SSSR count). The van der Waals surface area contributed by atoms with E-state index in [0.29, 0.717) is 5.92 Å². The molecule has 0 amide bonds. The first-order chi connectivity index (χ1) is 13.3. The molecule has 4 heteroatoms. The van der Waals surface area contributed by atoms with Gasteiger partial charge >= 0.3 is 0 Å². The van der Waals surface area contributed by atoms with Gasteiger partial charge in [0.1, 0.15) is 16.1 Å². The third-order valence-corrected chi connectivity index (χ3v) is 11.5. The van der Waals surface area contributed by atoms with Gasteiger partial charge < -0.3 is 4.43 Å². The lowest BCUT2D eigenvalue weighted by atomic mass is 9.89. The lowest BCUT2D eigenvalue weighted by Gasteiger charge is -2.42. The van der Waals surface area contributed by atoms with Crippen molar-refractivity contribution in [2.45, 2.75) is 105 Å². The predicted molar refractivity (Wildman–Crippen MR) is 146 cm³/mol. The molecule has 0 aliphatic carbocycles. The van der Waals surface area contributed by atoms with E-state index in [1.54, 1.807) is 0 Å². The molecule has 170 valence electrons. The second kappa shape index (κ2) is 11.2. The van der Waals surface area contributed by atoms with Gasteiger partial charge in [-0.3, -0.25) is 0 Å². The molecule has 0 aromatic heterocycles. The number of allylic oxidation sites excluding steroid dienone is 2. The summed E-state index contributed by atoms with van der Waals surface area (Å²) in [5, 5.41) is 0.181. The van der Waals surface area contributed by atoms with Gasteiger partial charge in [-0.2, -0.15) is 0 Å². The fourth-order valence-corrected chi connectivity index (χ4v) is 5.06. The summed E-state index contributed by atoms with van der Waals surface area (Å²) in [7, 11) is -4.85. The lowest BCUT2D eigenvalue weighted by molar-refractivity contribution is 0.0946. The van der Waals surface area contributed by atoms with Crippen LogP contribution in [0.15, 0.2) is 24.3 Å². The van der Waals surface area contributed by atoms with E-state index in [1.165, 1.54) is 0 Å². The van der Waals surface area contributed by atoms with Crippen LogP contribution in [0.3, 0.4) is 0 Å². The molecule has 0 aliphatic heterocycles. The molecule has 0 aliphatic rings. The highest BCUT2D eigenvalue weighted by atomic mass is 28.4. The summed E-state index contributed by atoms with van der Waals surface area (Å²) in [5.74, 6) is 7.55. The van der Waals surface area contributed by atoms with E-state index in [1.807, 2.05) is 6.08 Å². The summed E-state index contributed by atoms with van der Waals surface area (Å²) in [6.07, 6.45) is 5.33. The van der Waals surface area contributed by atoms with Gasteiger partial charge in [0.15, 0.2) is 8.32 Å². The van der Waals surface area contributed by atoms with Crippen LogP contribution in [-0.4, -0.2) is 30.6 Å². The Morgan fingerprint density at radius 2 is 1.33 bits per heavy atom. The van der Waals surface area contributed by atoms with Gasteiger partial charge in [-0.25, -0.2) is 0 Å². The van der Waals surface area contributed by atoms with Gasteiger partial charge in [0.05, 0.1) is 11.7 Å². The van der Waals surface area contributed by atoms with Crippen LogP contribution in [0.4, 0.5) is 0 Å². The number of rotatable bonds is 7. The Bertz CT molecular complexity index is 683. The van der Waals surface area contributed by atoms with Crippen molar-refractivity contribution in [3.63, 3.8) is 0 Å². The summed E-state index contributed by atoms with van der Waals surface area (Å²) in [6.45, 7) is 33.8. The number of hydrogen-bond acceptors (Lipinski definition) is 1. The second-order valence-corrected chi connectivity index (χ2v) is 26.6. The molecule has 0 saturated carbocycles. The Balaban J connectivity index is 6.37. The molecule has 0 aromatic carbocycles. The van der Waals surface area contributed by atoms with Gasteiger partial charge in [0.2, 0.25) is 0 Å². The van der Waals surface area contributed by atoms with Crippen molar-refractivity contribution >= 4 is 24.5 Å². The minimum atomic E-state index is -1.89. The highest BCUT2D eigenvalue weighted by Crippen LogP contribution is 2.39. The molecule has 0 saturated heterocycles. The monoisotopic (exact) mass is 460 g/mol. The molecule has 0 bridgehead atoms. The molecule has 0 unspecified atom stereocenters. The zero-order valence-electron chi connectivity index (χ0n) is 22.2. The summed E-state index contributed by atoms with van der Waals surface area (Å²) in [5.41, 5.74) is 8.01. The average molecular weight is 461 g/mol. The third-order valence-electron chi connectivity index (χ3n) is 5.28. The SMILES string of the molecule is C=CC[C@H](C=C(C#C[Si](C)(C)C)C#C[Si](C)(C)C)[C@@H](O[Si](C)(C)C(C)(C)C)C(C)C. The van der Waals surface area contributed by atoms with Crippen LogP contribution in [-0.2, 0) is 4.43 Å². The first-order valence-corrected chi connectivity index (χ1v) is 21.3. The van der Waals surface area contributed by atoms with Crippen molar-refractivity contribution in [1.82, 2.24) is 0 Å². The van der Waals surface area contributed by atoms with Crippen molar-refractivity contribution in [1.29, 1.82) is 0 Å². The Labute approximate surface area is 192 Å². The minimum Gasteiger partial charge on any atom is -0.413 e. The van der Waals surface area contributed by atoms with Crippen molar-refractivity contribution in [3.05, 3.63) is 24.3 Å². The third kappa shape index (κ3) is 11.6. The van der Waals surface area contributed by atoms with Crippen LogP contribution in [0, 0.1) is 34.8 Å². The zero-order valence-corrected chi connectivity index (χ0v) is 25.2. The molecule has 0 aromatic rings. The Kier molecular flexibility index (Phi) is 10.9. The van der Waals surface area contributed by atoms with Gasteiger partial charge in [0, 0.05) is 5.92 Å². The smallest absolute Gasteiger partial charge is 0.192 e. The Morgan fingerprint density at radius 1 is 0.900 bits per heavy atom. The first kappa shape index (κ1) is 29.2. The fourth-order valence-electron chi connectivity index (χ4n) is 2.56. The molecule has 0 N–H and O–H groups in total. The molecule has 0 radical (unpaired) electrons. The zero-order chi connectivity index (χ0) is 24.0. The van der Waals surface area contributed by atoms with E-state index in [0.717, 1.165) is 12.0 Å². The van der Waals surface area contributed by atoms with Crippen LogP contribution >= 0.6 is 0 Å². The van der Waals surface area contributed by atoms with Crippen molar-refractivity contribution in [2.75, 3.05) is 0 Å². The average Bonchev–Trinajstić information content (AvgIpc) is 2.51. The summed E-state index contributed by atoms with van der Waals surface area (Å²) >= 11 is 0. The standard InChI is InChI=1S/C26H48OSi3/c1-15-16-24(25(22(2)3)27-30(13,14)26(4,5)6)21-23(17-19-28(7,8)9)18-20-29(10,11)12/h15,21-22,24-25H,1,16H2,2-14H3/t24-,25+/m1/s1. The molecular formula is C26H48OSi3. The Hall–Kier alpha value is -0.789. The van der Waals surface area contributed by atoms with Crippen molar-refractivity contribution in [3.8, 4) is 22.9 Å². The molecule has 1 nitrogen and oxygen atoms in total. The maximum atomic E-state index is 6.94.